The van der Waals surface area contributed by atoms with Gasteiger partial charge in [-0.25, -0.2) is 0 Å². The molecule has 2 saturated heterocycles. The Morgan fingerprint density at radius 2 is 1.26 bits per heavy atom. The van der Waals surface area contributed by atoms with Crippen LogP contribution >= 0.6 is 23.2 Å². The van der Waals surface area contributed by atoms with Gasteiger partial charge in [0.2, 0.25) is 0 Å². The number of aliphatic hydroxyl groups is 8. The van der Waals surface area contributed by atoms with Crippen LogP contribution in [0.3, 0.4) is 0 Å². The molecule has 0 saturated carbocycles. The molecule has 0 unspecified atom stereocenters. The average molecular weight is 595 g/mol. The van der Waals surface area contributed by atoms with Gasteiger partial charge in [0, 0.05) is 10.0 Å². The molecule has 2 fully saturated rings. The molecule has 0 amide bonds. The van der Waals surface area contributed by atoms with E-state index in [0.717, 1.165) is 0 Å². The minimum absolute atomic E-state index is 0.0174. The van der Waals surface area contributed by atoms with Crippen LogP contribution in [0.2, 0.25) is 10.0 Å². The van der Waals surface area contributed by atoms with E-state index in [-0.39, 0.29) is 11.5 Å². The van der Waals surface area contributed by atoms with Crippen LogP contribution in [0.1, 0.15) is 0 Å². The molecule has 15 heteroatoms. The van der Waals surface area contributed by atoms with E-state index >= 15 is 0 Å². The second-order valence-corrected chi connectivity index (χ2v) is 9.83. The van der Waals surface area contributed by atoms with Crippen molar-refractivity contribution in [2.75, 3.05) is 13.2 Å². The van der Waals surface area contributed by atoms with E-state index in [2.05, 4.69) is 0 Å². The SMILES string of the molecule is OC[C@H]1O[C@@H](O[C@@]2(Oc3ccc(Cl)cc3)O[C@H](CO)[C@](O)(Oc3ccc(Cl)cc3)[C@H](O)[C@H]2O)[C@H](O)[C@@H](O)[C@@H]1O. The largest absolute Gasteiger partial charge is 0.457 e. The molecule has 2 aromatic carbocycles. The number of hydrogen-bond acceptors (Lipinski definition) is 13. The highest BCUT2D eigenvalue weighted by atomic mass is 35.5. The van der Waals surface area contributed by atoms with Gasteiger partial charge in [-0.3, -0.25) is 4.74 Å². The van der Waals surface area contributed by atoms with Crippen LogP contribution in [0.5, 0.6) is 11.5 Å². The van der Waals surface area contributed by atoms with E-state index in [9.17, 15) is 40.9 Å². The van der Waals surface area contributed by atoms with Crippen molar-refractivity contribution in [2.24, 2.45) is 0 Å². The predicted octanol–water partition coefficient (Wildman–Crippen LogP) is -1.28. The van der Waals surface area contributed by atoms with E-state index in [1.807, 2.05) is 0 Å². The molecule has 13 nitrogen and oxygen atoms in total. The summed E-state index contributed by atoms with van der Waals surface area (Å²) in [7, 11) is 0. The van der Waals surface area contributed by atoms with Gasteiger partial charge in [0.05, 0.1) is 13.2 Å². The molecule has 0 bridgehead atoms. The van der Waals surface area contributed by atoms with Crippen LogP contribution in [-0.4, -0.2) is 115 Å². The Hall–Kier alpha value is -1.82. The fraction of sp³-hybridized carbons (Fsp3) is 0.500. The molecule has 10 atom stereocenters. The molecule has 39 heavy (non-hydrogen) atoms. The van der Waals surface area contributed by atoms with Gasteiger partial charge in [-0.2, -0.15) is 0 Å². The standard InChI is InChI=1S/C24H28Cl2O13/c25-11-1-5-13(6-2-11)36-23(34)16(10-28)38-24(21(33)20(23)32,37-14-7-3-12(26)4-8-14)39-22-19(31)18(30)17(29)15(9-27)35-22/h1-8,15-22,27-34H,9-10H2/t15-,16-,17-,18+,19-,20-,21-,22+,23+,24+/m1/s1. The van der Waals surface area contributed by atoms with E-state index in [1.165, 1.54) is 48.5 Å². The van der Waals surface area contributed by atoms with Crippen LogP contribution in [0.4, 0.5) is 0 Å². The molecule has 0 aliphatic carbocycles. The van der Waals surface area contributed by atoms with Crippen LogP contribution in [-0.2, 0) is 14.2 Å². The summed E-state index contributed by atoms with van der Waals surface area (Å²) in [5.74, 6) is -5.70. The summed E-state index contributed by atoms with van der Waals surface area (Å²) < 4.78 is 28.0. The highest BCUT2D eigenvalue weighted by Gasteiger charge is 2.67. The minimum atomic E-state index is -2.84. The first-order valence-electron chi connectivity index (χ1n) is 11.7. The zero-order valence-electron chi connectivity index (χ0n) is 20.0. The van der Waals surface area contributed by atoms with Crippen molar-refractivity contribution in [1.82, 2.24) is 0 Å². The number of hydrogen-bond donors (Lipinski definition) is 8. The Morgan fingerprint density at radius 3 is 1.77 bits per heavy atom. The number of ether oxygens (including phenoxy) is 5. The van der Waals surface area contributed by atoms with Gasteiger partial charge in [-0.1, -0.05) is 23.2 Å². The third kappa shape index (κ3) is 5.96. The van der Waals surface area contributed by atoms with Gasteiger partial charge in [0.1, 0.15) is 35.9 Å². The average Bonchev–Trinajstić information content (AvgIpc) is 2.92. The quantitative estimate of drug-likeness (QED) is 0.168. The Kier molecular flexibility index (Phi) is 9.25. The van der Waals surface area contributed by atoms with Gasteiger partial charge < -0.3 is 59.8 Å². The lowest BCUT2D eigenvalue weighted by molar-refractivity contribution is -0.501. The molecule has 216 valence electrons. The summed E-state index contributed by atoms with van der Waals surface area (Å²) in [6, 6.07) is 11.0. The molecule has 0 radical (unpaired) electrons. The number of benzene rings is 2. The maximum atomic E-state index is 11.3. The Balaban J connectivity index is 1.71. The molecular weight excluding hydrogens is 567 g/mol. The third-order valence-electron chi connectivity index (χ3n) is 6.32. The first kappa shape index (κ1) is 30.1. The first-order valence-corrected chi connectivity index (χ1v) is 12.4. The Bertz CT molecular complexity index is 1090. The summed E-state index contributed by atoms with van der Waals surface area (Å²) in [6.45, 7) is -1.81. The molecule has 2 aliphatic rings. The molecule has 8 N–H and O–H groups in total. The van der Waals surface area contributed by atoms with Crippen molar-refractivity contribution in [3.63, 3.8) is 0 Å². The maximum Gasteiger partial charge on any atom is 0.360 e. The summed E-state index contributed by atoms with van der Waals surface area (Å²) in [5.41, 5.74) is 0. The molecule has 2 aromatic rings. The fourth-order valence-corrected chi connectivity index (χ4v) is 4.40. The van der Waals surface area contributed by atoms with Crippen molar-refractivity contribution in [2.45, 2.75) is 60.8 Å². The van der Waals surface area contributed by atoms with Gasteiger partial charge in [0.25, 0.3) is 5.79 Å². The van der Waals surface area contributed by atoms with Gasteiger partial charge in [-0.15, -0.1) is 0 Å². The smallest absolute Gasteiger partial charge is 0.360 e. The first-order chi connectivity index (χ1) is 18.4. The second-order valence-electron chi connectivity index (χ2n) is 8.96. The molecule has 0 spiro atoms. The lowest BCUT2D eigenvalue weighted by Crippen LogP contribution is -2.76. The topological polar surface area (TPSA) is 208 Å². The number of halogens is 2. The van der Waals surface area contributed by atoms with Crippen LogP contribution in [0.15, 0.2) is 48.5 Å². The Labute approximate surface area is 231 Å². The van der Waals surface area contributed by atoms with Gasteiger partial charge >= 0.3 is 5.97 Å². The van der Waals surface area contributed by atoms with Crippen molar-refractivity contribution >= 4 is 23.2 Å². The van der Waals surface area contributed by atoms with Crippen molar-refractivity contribution in [3.05, 3.63) is 58.6 Å². The zero-order valence-corrected chi connectivity index (χ0v) is 21.5. The maximum absolute atomic E-state index is 11.3. The van der Waals surface area contributed by atoms with E-state index in [0.29, 0.717) is 10.0 Å². The summed E-state index contributed by atoms with van der Waals surface area (Å²) in [5, 5.41) is 84.7. The molecule has 4 rings (SSSR count). The third-order valence-corrected chi connectivity index (χ3v) is 6.82. The van der Waals surface area contributed by atoms with Crippen LogP contribution in [0.25, 0.3) is 0 Å². The highest BCUT2D eigenvalue weighted by molar-refractivity contribution is 6.30. The normalized spacial score (nSPS) is 38.8. The lowest BCUT2D eigenvalue weighted by atomic mass is 9.93. The van der Waals surface area contributed by atoms with Crippen LogP contribution < -0.4 is 9.47 Å². The second kappa shape index (κ2) is 12.0. The summed E-state index contributed by atoms with van der Waals surface area (Å²) >= 11 is 11.8. The number of aliphatic hydroxyl groups excluding tert-OH is 7. The van der Waals surface area contributed by atoms with Crippen molar-refractivity contribution in [3.8, 4) is 11.5 Å². The molecule has 2 aliphatic heterocycles. The van der Waals surface area contributed by atoms with Crippen molar-refractivity contribution < 1.29 is 64.5 Å². The Morgan fingerprint density at radius 1 is 0.718 bits per heavy atom. The van der Waals surface area contributed by atoms with Crippen LogP contribution in [0, 0.1) is 0 Å². The molecule has 0 aromatic heterocycles. The highest BCUT2D eigenvalue weighted by Crippen LogP contribution is 2.42. The van der Waals surface area contributed by atoms with Crippen molar-refractivity contribution in [1.29, 1.82) is 0 Å². The zero-order chi connectivity index (χ0) is 28.5. The lowest BCUT2D eigenvalue weighted by Gasteiger charge is -2.52. The summed E-state index contributed by atoms with van der Waals surface area (Å²) in [6.07, 6.45) is -15.5. The van der Waals surface area contributed by atoms with Gasteiger partial charge in [0.15, 0.2) is 24.6 Å². The fourth-order valence-electron chi connectivity index (χ4n) is 4.15. The summed E-state index contributed by atoms with van der Waals surface area (Å²) in [4.78, 5) is 0. The molecule has 2 heterocycles. The number of rotatable bonds is 8. The van der Waals surface area contributed by atoms with Gasteiger partial charge in [-0.05, 0) is 48.5 Å². The van der Waals surface area contributed by atoms with E-state index < -0.39 is 74.0 Å². The molecular formula is C24H28Cl2O13. The van der Waals surface area contributed by atoms with E-state index in [4.69, 9.17) is 46.9 Å². The predicted molar refractivity (Wildman–Crippen MR) is 131 cm³/mol. The minimum Gasteiger partial charge on any atom is -0.457 e. The monoisotopic (exact) mass is 594 g/mol. The van der Waals surface area contributed by atoms with E-state index in [1.54, 1.807) is 0 Å².